The Labute approximate surface area is 100 Å². The van der Waals surface area contributed by atoms with Gasteiger partial charge in [-0.15, -0.1) is 0 Å². The van der Waals surface area contributed by atoms with Crippen LogP contribution in [0.15, 0.2) is 11.1 Å². The fourth-order valence-electron chi connectivity index (χ4n) is 2.01. The van der Waals surface area contributed by atoms with Gasteiger partial charge in [-0.3, -0.25) is 0 Å². The summed E-state index contributed by atoms with van der Waals surface area (Å²) in [5, 5.41) is -0.784. The molecule has 0 aromatic heterocycles. The summed E-state index contributed by atoms with van der Waals surface area (Å²) < 4.78 is 40.4. The Balaban J connectivity index is 2.66. The molecule has 0 aliphatic heterocycles. The van der Waals surface area contributed by atoms with E-state index in [0.29, 0.717) is 25.3 Å². The first-order valence-electron chi connectivity index (χ1n) is 4.94. The van der Waals surface area contributed by atoms with Gasteiger partial charge in [-0.2, -0.15) is 4.99 Å². The van der Waals surface area contributed by atoms with E-state index in [9.17, 15) is 18.0 Å². The fraction of sp³-hybridized carbons (Fsp3) is 0.364. The van der Waals surface area contributed by atoms with Crippen LogP contribution in [-0.4, -0.2) is 6.08 Å². The highest BCUT2D eigenvalue weighted by atomic mass is 35.5. The lowest BCUT2D eigenvalue weighted by Crippen LogP contribution is -2.34. The highest BCUT2D eigenvalue weighted by Gasteiger charge is 2.44. The predicted octanol–water partition coefficient (Wildman–Crippen LogP) is 3.47. The molecule has 1 saturated carbocycles. The van der Waals surface area contributed by atoms with E-state index in [1.54, 1.807) is 0 Å². The normalized spacial score (nSPS) is 17.2. The van der Waals surface area contributed by atoms with E-state index in [1.165, 1.54) is 6.08 Å². The Morgan fingerprint density at radius 3 is 2.41 bits per heavy atom. The molecule has 1 aliphatic rings. The molecule has 0 bridgehead atoms. The largest absolute Gasteiger partial charge is 0.235 e. The molecule has 0 heterocycles. The Morgan fingerprint density at radius 1 is 1.29 bits per heavy atom. The molecule has 90 valence electrons. The molecule has 1 fully saturated rings. The van der Waals surface area contributed by atoms with Crippen LogP contribution in [0.5, 0.6) is 0 Å². The molecule has 0 atom stereocenters. The van der Waals surface area contributed by atoms with Crippen molar-refractivity contribution in [3.05, 3.63) is 34.1 Å². The van der Waals surface area contributed by atoms with Crippen molar-refractivity contribution in [1.82, 2.24) is 0 Å². The molecule has 17 heavy (non-hydrogen) atoms. The second-order valence-electron chi connectivity index (χ2n) is 3.93. The van der Waals surface area contributed by atoms with Gasteiger partial charge in [0.2, 0.25) is 6.08 Å². The van der Waals surface area contributed by atoms with E-state index < -0.39 is 33.6 Å². The summed E-state index contributed by atoms with van der Waals surface area (Å²) >= 11 is 5.39. The quantitative estimate of drug-likeness (QED) is 0.347. The molecule has 0 unspecified atom stereocenters. The molecule has 1 aromatic carbocycles. The molecule has 1 aliphatic carbocycles. The smallest absolute Gasteiger partial charge is 0.211 e. The van der Waals surface area contributed by atoms with Gasteiger partial charge in [-0.1, -0.05) is 11.6 Å². The number of halogens is 4. The number of benzene rings is 1. The number of aliphatic imine (C=N–C) groups is 1. The van der Waals surface area contributed by atoms with Gasteiger partial charge in [0.05, 0.1) is 5.56 Å². The molecular formula is C11H7ClF3NO. The second kappa shape index (κ2) is 4.17. The molecule has 0 N–H and O–H groups in total. The van der Waals surface area contributed by atoms with Crippen molar-refractivity contribution in [1.29, 1.82) is 0 Å². The van der Waals surface area contributed by atoms with Crippen LogP contribution >= 0.6 is 11.6 Å². The Hall–Kier alpha value is -1.32. The molecule has 2 nitrogen and oxygen atoms in total. The van der Waals surface area contributed by atoms with Crippen molar-refractivity contribution in [2.75, 3.05) is 0 Å². The van der Waals surface area contributed by atoms with E-state index in [-0.39, 0.29) is 0 Å². The van der Waals surface area contributed by atoms with Gasteiger partial charge in [0.15, 0.2) is 5.82 Å². The molecule has 0 amide bonds. The minimum atomic E-state index is -1.27. The van der Waals surface area contributed by atoms with Crippen LogP contribution in [0.25, 0.3) is 0 Å². The first kappa shape index (κ1) is 12.1. The third-order valence-electron chi connectivity index (χ3n) is 3.02. The van der Waals surface area contributed by atoms with Crippen LogP contribution < -0.4 is 0 Å². The standard InChI is InChI=1S/C11H7ClF3NO/c12-9-7(14)4-6(13)8(10(9)15)11(16-5-17)2-1-3-11/h4H,1-3H2. The van der Waals surface area contributed by atoms with Crippen molar-refractivity contribution in [3.63, 3.8) is 0 Å². The SMILES string of the molecule is O=C=NC1(c2c(F)cc(F)c(Cl)c2F)CCC1. The van der Waals surface area contributed by atoms with Gasteiger partial charge < -0.3 is 0 Å². The number of carbonyl (C=O) groups excluding carboxylic acids is 1. The van der Waals surface area contributed by atoms with Crippen molar-refractivity contribution in [2.24, 2.45) is 4.99 Å². The lowest BCUT2D eigenvalue weighted by molar-refractivity contribution is 0.237. The number of hydrogen-bond acceptors (Lipinski definition) is 2. The number of hydrogen-bond donors (Lipinski definition) is 0. The molecule has 0 spiro atoms. The molecule has 2 rings (SSSR count). The van der Waals surface area contributed by atoms with Crippen molar-refractivity contribution in [2.45, 2.75) is 24.8 Å². The van der Waals surface area contributed by atoms with Crippen LogP contribution in [0.2, 0.25) is 5.02 Å². The minimum Gasteiger partial charge on any atom is -0.211 e. The summed E-state index contributed by atoms with van der Waals surface area (Å²) in [4.78, 5) is 13.8. The van der Waals surface area contributed by atoms with E-state index in [0.717, 1.165) is 0 Å². The van der Waals surface area contributed by atoms with Crippen molar-refractivity contribution >= 4 is 17.7 Å². The van der Waals surface area contributed by atoms with E-state index >= 15 is 0 Å². The molecule has 6 heteroatoms. The summed E-state index contributed by atoms with van der Waals surface area (Å²) in [6.07, 6.45) is 2.62. The fourth-order valence-corrected chi connectivity index (χ4v) is 2.16. The molecule has 1 aromatic rings. The monoisotopic (exact) mass is 261 g/mol. The first-order valence-corrected chi connectivity index (χ1v) is 5.32. The Kier molecular flexibility index (Phi) is 2.98. The third-order valence-corrected chi connectivity index (χ3v) is 3.37. The van der Waals surface area contributed by atoms with Gasteiger partial charge in [-0.05, 0) is 19.3 Å². The second-order valence-corrected chi connectivity index (χ2v) is 4.31. The molecule has 0 radical (unpaired) electrons. The topological polar surface area (TPSA) is 29.4 Å². The number of nitrogens with zero attached hydrogens (tertiary/aromatic N) is 1. The van der Waals surface area contributed by atoms with Gasteiger partial charge >= 0.3 is 0 Å². The van der Waals surface area contributed by atoms with Gasteiger partial charge in [-0.25, -0.2) is 18.0 Å². The van der Waals surface area contributed by atoms with Gasteiger partial charge in [0.1, 0.15) is 22.2 Å². The average Bonchev–Trinajstić information content (AvgIpc) is 2.22. The summed E-state index contributed by atoms with van der Waals surface area (Å²) in [6, 6.07) is 0.501. The number of rotatable bonds is 2. The predicted molar refractivity (Wildman–Crippen MR) is 55.0 cm³/mol. The lowest BCUT2D eigenvalue weighted by Gasteiger charge is -2.37. The molecule has 0 saturated heterocycles. The van der Waals surface area contributed by atoms with Crippen molar-refractivity contribution in [3.8, 4) is 0 Å². The Bertz CT molecular complexity index is 522. The third kappa shape index (κ3) is 1.75. The van der Waals surface area contributed by atoms with Crippen LogP contribution in [0, 0.1) is 17.5 Å². The average molecular weight is 262 g/mol. The van der Waals surface area contributed by atoms with Crippen LogP contribution in [0.4, 0.5) is 13.2 Å². The zero-order valence-electron chi connectivity index (χ0n) is 8.57. The highest BCUT2D eigenvalue weighted by Crippen LogP contribution is 2.47. The lowest BCUT2D eigenvalue weighted by atomic mass is 9.72. The van der Waals surface area contributed by atoms with Crippen molar-refractivity contribution < 1.29 is 18.0 Å². The zero-order valence-corrected chi connectivity index (χ0v) is 9.32. The van der Waals surface area contributed by atoms with Gasteiger partial charge in [0.25, 0.3) is 0 Å². The minimum absolute atomic E-state index is 0.318. The maximum absolute atomic E-state index is 13.8. The number of isocyanates is 1. The molecular weight excluding hydrogens is 255 g/mol. The Morgan fingerprint density at radius 2 is 1.94 bits per heavy atom. The summed E-state index contributed by atoms with van der Waals surface area (Å²) in [5.41, 5.74) is -1.72. The van der Waals surface area contributed by atoms with Crippen LogP contribution in [0.3, 0.4) is 0 Å². The zero-order chi connectivity index (χ0) is 12.6. The van der Waals surface area contributed by atoms with E-state index in [1.807, 2.05) is 0 Å². The first-order chi connectivity index (χ1) is 8.02. The van der Waals surface area contributed by atoms with E-state index in [2.05, 4.69) is 4.99 Å². The van der Waals surface area contributed by atoms with Crippen LogP contribution in [-0.2, 0) is 10.3 Å². The van der Waals surface area contributed by atoms with Crippen LogP contribution in [0.1, 0.15) is 24.8 Å². The summed E-state index contributed by atoms with van der Waals surface area (Å²) in [7, 11) is 0. The highest BCUT2D eigenvalue weighted by molar-refractivity contribution is 6.31. The maximum atomic E-state index is 13.8. The maximum Gasteiger partial charge on any atom is 0.235 e. The van der Waals surface area contributed by atoms with E-state index in [4.69, 9.17) is 11.6 Å². The summed E-state index contributed by atoms with van der Waals surface area (Å²) in [5.74, 6) is -3.44. The van der Waals surface area contributed by atoms with Gasteiger partial charge in [0, 0.05) is 6.07 Å². The summed E-state index contributed by atoms with van der Waals surface area (Å²) in [6.45, 7) is 0.